The fourth-order valence-corrected chi connectivity index (χ4v) is 4.87. The number of hydrogen-bond acceptors (Lipinski definition) is 7. The van der Waals surface area contributed by atoms with Crippen molar-refractivity contribution < 1.29 is 22.7 Å². The topological polar surface area (TPSA) is 109 Å². The van der Waals surface area contributed by atoms with Crippen LogP contribution in [-0.4, -0.2) is 58.0 Å². The van der Waals surface area contributed by atoms with Crippen molar-refractivity contribution in [1.82, 2.24) is 4.31 Å². The lowest BCUT2D eigenvalue weighted by molar-refractivity contribution is -0.114. The summed E-state index contributed by atoms with van der Waals surface area (Å²) < 4.78 is 38.2. The zero-order chi connectivity index (χ0) is 23.1. The van der Waals surface area contributed by atoms with Gasteiger partial charge in [0.05, 0.1) is 22.8 Å². The maximum absolute atomic E-state index is 12.9. The van der Waals surface area contributed by atoms with Gasteiger partial charge < -0.3 is 25.4 Å². The van der Waals surface area contributed by atoms with Crippen LogP contribution in [0, 0.1) is 0 Å². The summed E-state index contributed by atoms with van der Waals surface area (Å²) in [6.45, 7) is 7.89. The fraction of sp³-hybridized carbons (Fsp3) is 0.409. The van der Waals surface area contributed by atoms with Crippen molar-refractivity contribution in [3.05, 3.63) is 36.4 Å². The molecule has 0 aliphatic carbocycles. The number of carbonyl (C=O) groups excluding carboxylic acids is 1. The SMILES string of the molecule is CCNc1ccc(S(=O)(=O)N(CC)CC)cc1NCC(=O)Nc1ccc2c(c1)OCCO2. The van der Waals surface area contributed by atoms with E-state index in [1.165, 1.54) is 4.31 Å². The highest BCUT2D eigenvalue weighted by Crippen LogP contribution is 2.32. The molecule has 1 aliphatic heterocycles. The van der Waals surface area contributed by atoms with Crippen molar-refractivity contribution in [3.63, 3.8) is 0 Å². The maximum atomic E-state index is 12.9. The highest BCUT2D eigenvalue weighted by atomic mass is 32.2. The lowest BCUT2D eigenvalue weighted by Gasteiger charge is -2.20. The average Bonchev–Trinajstić information content (AvgIpc) is 2.79. The Kier molecular flexibility index (Phi) is 7.81. The normalized spacial score (nSPS) is 13.0. The van der Waals surface area contributed by atoms with Crippen molar-refractivity contribution in [1.29, 1.82) is 0 Å². The summed E-state index contributed by atoms with van der Waals surface area (Å²) in [5.74, 6) is 0.959. The predicted octanol–water partition coefficient (Wildman–Crippen LogP) is 2.97. The molecular formula is C22H30N4O5S. The van der Waals surface area contributed by atoms with E-state index in [1.807, 2.05) is 6.92 Å². The average molecular weight is 463 g/mol. The Bertz CT molecular complexity index is 1050. The number of benzene rings is 2. The fourth-order valence-electron chi connectivity index (χ4n) is 3.39. The van der Waals surface area contributed by atoms with Gasteiger partial charge in [0.1, 0.15) is 13.2 Å². The molecule has 0 unspecified atom stereocenters. The van der Waals surface area contributed by atoms with E-state index in [9.17, 15) is 13.2 Å². The van der Waals surface area contributed by atoms with Crippen LogP contribution in [0.2, 0.25) is 0 Å². The largest absolute Gasteiger partial charge is 0.486 e. The van der Waals surface area contributed by atoms with Crippen LogP contribution < -0.4 is 25.4 Å². The Balaban J connectivity index is 1.73. The molecule has 9 nitrogen and oxygen atoms in total. The molecule has 0 atom stereocenters. The minimum atomic E-state index is -3.61. The molecule has 0 aromatic heterocycles. The standard InChI is InChI=1S/C22H30N4O5S/c1-4-23-18-9-8-17(32(28,29)26(5-2)6-3)14-19(18)24-15-22(27)25-16-7-10-20-21(13-16)31-12-11-30-20/h7-10,13-14,23-24H,4-6,11-12,15H2,1-3H3,(H,25,27). The van der Waals surface area contributed by atoms with E-state index in [-0.39, 0.29) is 17.3 Å². The van der Waals surface area contributed by atoms with Crippen LogP contribution in [0.25, 0.3) is 0 Å². The van der Waals surface area contributed by atoms with Crippen molar-refractivity contribution in [2.45, 2.75) is 25.7 Å². The van der Waals surface area contributed by atoms with Crippen LogP contribution in [0.3, 0.4) is 0 Å². The number of sulfonamides is 1. The van der Waals surface area contributed by atoms with Crippen LogP contribution in [0.5, 0.6) is 11.5 Å². The zero-order valence-electron chi connectivity index (χ0n) is 18.6. The second-order valence-corrected chi connectivity index (χ2v) is 9.03. The monoisotopic (exact) mass is 462 g/mol. The summed E-state index contributed by atoms with van der Waals surface area (Å²) in [5.41, 5.74) is 1.85. The molecule has 3 rings (SSSR count). The summed E-state index contributed by atoms with van der Waals surface area (Å²) in [5, 5.41) is 9.05. The third-order valence-electron chi connectivity index (χ3n) is 4.97. The molecular weight excluding hydrogens is 432 g/mol. The van der Waals surface area contributed by atoms with Gasteiger partial charge >= 0.3 is 0 Å². The van der Waals surface area contributed by atoms with Crippen LogP contribution in [0.1, 0.15) is 20.8 Å². The molecule has 0 saturated carbocycles. The van der Waals surface area contributed by atoms with Crippen molar-refractivity contribution in [3.8, 4) is 11.5 Å². The van der Waals surface area contributed by atoms with E-state index >= 15 is 0 Å². The first-order valence-electron chi connectivity index (χ1n) is 10.7. The third-order valence-corrected chi connectivity index (χ3v) is 7.01. The van der Waals surface area contributed by atoms with Gasteiger partial charge in [-0.3, -0.25) is 4.79 Å². The van der Waals surface area contributed by atoms with Gasteiger partial charge in [-0.2, -0.15) is 4.31 Å². The molecule has 0 radical (unpaired) electrons. The summed E-state index contributed by atoms with van der Waals surface area (Å²) in [6, 6.07) is 10.1. The van der Waals surface area contributed by atoms with Gasteiger partial charge in [0.25, 0.3) is 0 Å². The Labute approximate surface area is 189 Å². The number of nitrogens with one attached hydrogen (secondary N) is 3. The Hall–Kier alpha value is -2.98. The van der Waals surface area contributed by atoms with Gasteiger partial charge in [-0.15, -0.1) is 0 Å². The van der Waals surface area contributed by atoms with E-state index in [4.69, 9.17) is 9.47 Å². The van der Waals surface area contributed by atoms with E-state index < -0.39 is 10.0 Å². The molecule has 32 heavy (non-hydrogen) atoms. The van der Waals surface area contributed by atoms with Crippen molar-refractivity contribution in [2.75, 3.05) is 55.3 Å². The minimum absolute atomic E-state index is 0.0401. The smallest absolute Gasteiger partial charge is 0.243 e. The molecule has 0 bridgehead atoms. The summed E-state index contributed by atoms with van der Waals surface area (Å²) in [6.07, 6.45) is 0. The highest BCUT2D eigenvalue weighted by Gasteiger charge is 2.23. The van der Waals surface area contributed by atoms with Gasteiger partial charge in [0.15, 0.2) is 11.5 Å². The number of ether oxygens (including phenoxy) is 2. The van der Waals surface area contributed by atoms with Gasteiger partial charge in [-0.25, -0.2) is 8.42 Å². The van der Waals surface area contributed by atoms with Crippen LogP contribution in [0.15, 0.2) is 41.3 Å². The molecule has 1 heterocycles. The molecule has 174 valence electrons. The first-order chi connectivity index (χ1) is 15.4. The molecule has 2 aromatic carbocycles. The maximum Gasteiger partial charge on any atom is 0.243 e. The minimum Gasteiger partial charge on any atom is -0.486 e. The Morgan fingerprint density at radius 3 is 2.34 bits per heavy atom. The zero-order valence-corrected chi connectivity index (χ0v) is 19.4. The molecule has 2 aromatic rings. The van der Waals surface area contributed by atoms with Crippen molar-refractivity contribution >= 4 is 33.0 Å². The number of fused-ring (bicyclic) bond motifs is 1. The molecule has 10 heteroatoms. The van der Waals surface area contributed by atoms with E-state index in [0.717, 1.165) is 5.69 Å². The lowest BCUT2D eigenvalue weighted by Crippen LogP contribution is -2.30. The van der Waals surface area contributed by atoms with E-state index in [1.54, 1.807) is 50.2 Å². The third kappa shape index (κ3) is 5.43. The van der Waals surface area contributed by atoms with Gasteiger partial charge in [0, 0.05) is 31.4 Å². The Morgan fingerprint density at radius 1 is 0.938 bits per heavy atom. The van der Waals surface area contributed by atoms with Gasteiger partial charge in [-0.1, -0.05) is 13.8 Å². The molecule has 0 saturated heterocycles. The Morgan fingerprint density at radius 2 is 1.66 bits per heavy atom. The first-order valence-corrected chi connectivity index (χ1v) is 12.1. The molecule has 0 spiro atoms. The number of rotatable bonds is 10. The summed E-state index contributed by atoms with van der Waals surface area (Å²) in [4.78, 5) is 12.7. The number of nitrogens with zero attached hydrogens (tertiary/aromatic N) is 1. The molecule has 1 aliphatic rings. The highest BCUT2D eigenvalue weighted by molar-refractivity contribution is 7.89. The molecule has 1 amide bonds. The van der Waals surface area contributed by atoms with Gasteiger partial charge in [-0.05, 0) is 37.3 Å². The number of hydrogen-bond donors (Lipinski definition) is 3. The predicted molar refractivity (Wildman–Crippen MR) is 125 cm³/mol. The quantitative estimate of drug-likeness (QED) is 0.498. The van der Waals surface area contributed by atoms with Crippen LogP contribution >= 0.6 is 0 Å². The summed E-state index contributed by atoms with van der Waals surface area (Å²) in [7, 11) is -3.61. The summed E-state index contributed by atoms with van der Waals surface area (Å²) >= 11 is 0. The lowest BCUT2D eigenvalue weighted by atomic mass is 10.2. The van der Waals surface area contributed by atoms with Gasteiger partial charge in [0.2, 0.25) is 15.9 Å². The van der Waals surface area contributed by atoms with Crippen LogP contribution in [-0.2, 0) is 14.8 Å². The second-order valence-electron chi connectivity index (χ2n) is 7.09. The number of carbonyl (C=O) groups is 1. The van der Waals surface area contributed by atoms with Crippen LogP contribution in [0.4, 0.5) is 17.1 Å². The molecule has 3 N–H and O–H groups in total. The van der Waals surface area contributed by atoms with Crippen molar-refractivity contribution in [2.24, 2.45) is 0 Å². The van der Waals surface area contributed by atoms with E-state index in [0.29, 0.717) is 55.7 Å². The number of anilines is 3. The second kappa shape index (κ2) is 10.6. The van der Waals surface area contributed by atoms with E-state index in [2.05, 4.69) is 16.0 Å². The number of amides is 1. The molecule has 0 fully saturated rings. The first kappa shape index (κ1) is 23.7.